The molecule has 6 heteroatoms. The number of carbonyl (C=O) groups is 2. The SMILES string of the molecule is O=C1C(=CC=Cc2ccccc2)SC(=S)N1NC(=O)C12CC3CC(CC(C3)C1)C2. The Morgan fingerprint density at radius 1 is 1.10 bits per heavy atom. The molecule has 1 aromatic rings. The van der Waals surface area contributed by atoms with Gasteiger partial charge < -0.3 is 0 Å². The van der Waals surface area contributed by atoms with Crippen molar-refractivity contribution in [1.29, 1.82) is 0 Å². The average Bonchev–Trinajstić information content (AvgIpc) is 2.95. The Hall–Kier alpha value is -1.92. The summed E-state index contributed by atoms with van der Waals surface area (Å²) < 4.78 is 0.396. The lowest BCUT2D eigenvalue weighted by atomic mass is 9.49. The summed E-state index contributed by atoms with van der Waals surface area (Å²) in [4.78, 5) is 26.6. The molecule has 1 aromatic carbocycles. The van der Waals surface area contributed by atoms with Crippen LogP contribution < -0.4 is 5.43 Å². The fourth-order valence-corrected chi connectivity index (χ4v) is 7.13. The number of carbonyl (C=O) groups excluding carboxylic acids is 2. The normalized spacial score (nSPS) is 34.6. The van der Waals surface area contributed by atoms with Crippen LogP contribution in [0.3, 0.4) is 0 Å². The Balaban J connectivity index is 1.28. The number of benzene rings is 1. The monoisotopic (exact) mass is 424 g/mol. The van der Waals surface area contributed by atoms with Crippen molar-refractivity contribution in [3.63, 3.8) is 0 Å². The summed E-state index contributed by atoms with van der Waals surface area (Å²) >= 11 is 6.63. The summed E-state index contributed by atoms with van der Waals surface area (Å²) in [5, 5.41) is 1.28. The lowest BCUT2D eigenvalue weighted by Crippen LogP contribution is -2.57. The van der Waals surface area contributed by atoms with Gasteiger partial charge in [0.2, 0.25) is 5.91 Å². The van der Waals surface area contributed by atoms with E-state index in [9.17, 15) is 9.59 Å². The summed E-state index contributed by atoms with van der Waals surface area (Å²) in [6, 6.07) is 9.91. The van der Waals surface area contributed by atoms with Crippen LogP contribution in [0.4, 0.5) is 0 Å². The average molecular weight is 425 g/mol. The van der Waals surface area contributed by atoms with Crippen LogP contribution >= 0.6 is 24.0 Å². The van der Waals surface area contributed by atoms with Crippen molar-refractivity contribution < 1.29 is 9.59 Å². The molecule has 0 aromatic heterocycles. The Kier molecular flexibility index (Phi) is 4.87. The molecule has 4 nitrogen and oxygen atoms in total. The highest BCUT2D eigenvalue weighted by Crippen LogP contribution is 2.60. The molecule has 29 heavy (non-hydrogen) atoms. The van der Waals surface area contributed by atoms with Crippen LogP contribution in [-0.4, -0.2) is 21.1 Å². The lowest BCUT2D eigenvalue weighted by molar-refractivity contribution is -0.152. The van der Waals surface area contributed by atoms with Crippen LogP contribution in [0.2, 0.25) is 0 Å². The summed E-state index contributed by atoms with van der Waals surface area (Å²) in [6.45, 7) is 0. The molecule has 2 amide bonds. The van der Waals surface area contributed by atoms with Gasteiger partial charge in [0.05, 0.1) is 10.3 Å². The highest BCUT2D eigenvalue weighted by atomic mass is 32.2. The van der Waals surface area contributed by atoms with Gasteiger partial charge in [-0.1, -0.05) is 54.2 Å². The van der Waals surface area contributed by atoms with Crippen molar-refractivity contribution in [3.8, 4) is 0 Å². The fraction of sp³-hybridized carbons (Fsp3) is 0.435. The second-order valence-corrected chi connectivity index (χ2v) is 10.6. The minimum Gasteiger partial charge on any atom is -0.273 e. The van der Waals surface area contributed by atoms with Crippen LogP contribution in [0, 0.1) is 23.2 Å². The van der Waals surface area contributed by atoms with E-state index in [1.807, 2.05) is 42.5 Å². The Morgan fingerprint density at radius 3 is 2.34 bits per heavy atom. The maximum atomic E-state index is 13.2. The molecule has 0 atom stereocenters. The van der Waals surface area contributed by atoms with Crippen molar-refractivity contribution in [2.24, 2.45) is 23.2 Å². The van der Waals surface area contributed by atoms with Gasteiger partial charge in [-0.15, -0.1) is 0 Å². The molecule has 6 rings (SSSR count). The quantitative estimate of drug-likeness (QED) is 0.563. The molecule has 5 aliphatic rings. The zero-order chi connectivity index (χ0) is 20.0. The molecule has 0 radical (unpaired) electrons. The third-order valence-electron chi connectivity index (χ3n) is 6.86. The number of hydrazine groups is 1. The minimum absolute atomic E-state index is 0.00558. The van der Waals surface area contributed by atoms with Gasteiger partial charge in [-0.2, -0.15) is 5.01 Å². The van der Waals surface area contributed by atoms with Gasteiger partial charge in [0.15, 0.2) is 4.32 Å². The van der Waals surface area contributed by atoms with Gasteiger partial charge in [0.25, 0.3) is 5.91 Å². The molecular formula is C23H24N2O2S2. The molecule has 1 N–H and O–H groups in total. The second-order valence-electron chi connectivity index (χ2n) is 8.95. The summed E-state index contributed by atoms with van der Waals surface area (Å²) in [5.41, 5.74) is 3.66. The number of nitrogens with one attached hydrogen (secondary N) is 1. The Bertz CT molecular complexity index is 887. The number of hydrogen-bond acceptors (Lipinski definition) is 4. The lowest BCUT2D eigenvalue weighted by Gasteiger charge is -2.55. The van der Waals surface area contributed by atoms with E-state index in [0.717, 1.165) is 24.8 Å². The standard InChI is InChI=1S/C23H24N2O2S2/c26-20-19(8-4-7-15-5-2-1-3-6-15)29-22(28)25(20)24-21(27)23-12-16-9-17(13-23)11-18(10-16)14-23/h1-8,16-18H,9-14H2,(H,24,27). The third kappa shape index (κ3) is 3.57. The van der Waals surface area contributed by atoms with Gasteiger partial charge in [-0.05, 0) is 80.1 Å². The Morgan fingerprint density at radius 2 is 1.72 bits per heavy atom. The van der Waals surface area contributed by atoms with E-state index in [4.69, 9.17) is 12.2 Å². The zero-order valence-electron chi connectivity index (χ0n) is 16.2. The van der Waals surface area contributed by atoms with Crippen LogP contribution in [0.15, 0.2) is 47.4 Å². The van der Waals surface area contributed by atoms with Crippen molar-refractivity contribution in [2.75, 3.05) is 0 Å². The number of rotatable bonds is 4. The first-order chi connectivity index (χ1) is 14.0. The van der Waals surface area contributed by atoms with Crippen LogP contribution in [0.5, 0.6) is 0 Å². The smallest absolute Gasteiger partial charge is 0.273 e. The molecule has 1 saturated heterocycles. The van der Waals surface area contributed by atoms with Crippen LogP contribution in [0.1, 0.15) is 44.1 Å². The minimum atomic E-state index is -0.297. The van der Waals surface area contributed by atoms with E-state index < -0.39 is 0 Å². The molecule has 1 heterocycles. The van der Waals surface area contributed by atoms with E-state index >= 15 is 0 Å². The molecular weight excluding hydrogens is 400 g/mol. The maximum Gasteiger partial charge on any atom is 0.285 e. The van der Waals surface area contributed by atoms with Gasteiger partial charge >= 0.3 is 0 Å². The molecule has 0 unspecified atom stereocenters. The number of thioether (sulfide) groups is 1. The van der Waals surface area contributed by atoms with E-state index in [1.165, 1.54) is 36.0 Å². The largest absolute Gasteiger partial charge is 0.285 e. The fourth-order valence-electron chi connectivity index (χ4n) is 6.00. The molecule has 4 saturated carbocycles. The topological polar surface area (TPSA) is 49.4 Å². The Labute approximate surface area is 180 Å². The number of amides is 2. The van der Waals surface area contributed by atoms with Crippen LogP contribution in [-0.2, 0) is 9.59 Å². The predicted molar refractivity (Wildman–Crippen MR) is 119 cm³/mol. The first-order valence-electron chi connectivity index (χ1n) is 10.3. The van der Waals surface area contributed by atoms with E-state index in [0.29, 0.717) is 27.0 Å². The molecule has 5 fully saturated rings. The predicted octanol–water partition coefficient (Wildman–Crippen LogP) is 4.69. The molecule has 150 valence electrons. The number of nitrogens with zero attached hydrogens (tertiary/aromatic N) is 1. The van der Waals surface area contributed by atoms with Gasteiger partial charge in [-0.25, -0.2) is 0 Å². The van der Waals surface area contributed by atoms with Crippen molar-refractivity contribution in [1.82, 2.24) is 10.4 Å². The first-order valence-corrected chi connectivity index (χ1v) is 11.6. The molecule has 4 bridgehead atoms. The van der Waals surface area contributed by atoms with E-state index in [1.54, 1.807) is 6.08 Å². The summed E-state index contributed by atoms with van der Waals surface area (Å²) in [6.07, 6.45) is 12.3. The van der Waals surface area contributed by atoms with Gasteiger partial charge in [-0.3, -0.25) is 15.0 Å². The van der Waals surface area contributed by atoms with E-state index in [2.05, 4.69) is 5.43 Å². The molecule has 4 aliphatic carbocycles. The van der Waals surface area contributed by atoms with Gasteiger partial charge in [0, 0.05) is 0 Å². The number of hydrogen-bond donors (Lipinski definition) is 1. The van der Waals surface area contributed by atoms with Gasteiger partial charge in [0.1, 0.15) is 0 Å². The van der Waals surface area contributed by atoms with Crippen molar-refractivity contribution in [2.45, 2.75) is 38.5 Å². The number of allylic oxidation sites excluding steroid dienone is 2. The highest BCUT2D eigenvalue weighted by molar-refractivity contribution is 8.26. The zero-order valence-corrected chi connectivity index (χ0v) is 17.8. The highest BCUT2D eigenvalue weighted by Gasteiger charge is 2.55. The number of thiocarbonyl (C=S) groups is 1. The summed E-state index contributed by atoms with van der Waals surface area (Å²) in [5.74, 6) is 1.80. The summed E-state index contributed by atoms with van der Waals surface area (Å²) in [7, 11) is 0. The molecule has 0 spiro atoms. The molecule has 1 aliphatic heterocycles. The van der Waals surface area contributed by atoms with Crippen molar-refractivity contribution in [3.05, 3.63) is 53.0 Å². The van der Waals surface area contributed by atoms with Crippen LogP contribution in [0.25, 0.3) is 6.08 Å². The maximum absolute atomic E-state index is 13.2. The van der Waals surface area contributed by atoms with Crippen molar-refractivity contribution >= 4 is 46.2 Å². The second kappa shape index (κ2) is 7.40. The third-order valence-corrected chi connectivity index (χ3v) is 8.18. The van der Waals surface area contributed by atoms with E-state index in [-0.39, 0.29) is 17.2 Å². The first kappa shape index (κ1) is 19.1.